The second-order valence-electron chi connectivity index (χ2n) is 4.69. The molecule has 2 rings (SSSR count). The Bertz CT molecular complexity index is 417. The maximum atomic E-state index is 6.15. The van der Waals surface area contributed by atoms with E-state index in [1.807, 2.05) is 24.3 Å². The molecular formula is C15H19ClN2. The molecule has 1 aliphatic heterocycles. The molecule has 0 aromatic heterocycles. The molecule has 0 aliphatic carbocycles. The van der Waals surface area contributed by atoms with Gasteiger partial charge < -0.3 is 10.2 Å². The third-order valence-corrected chi connectivity index (χ3v) is 3.72. The fourth-order valence-electron chi connectivity index (χ4n) is 2.32. The van der Waals surface area contributed by atoms with Crippen LogP contribution in [0.4, 0.5) is 5.69 Å². The van der Waals surface area contributed by atoms with Gasteiger partial charge in [0.15, 0.2) is 0 Å². The molecule has 1 aliphatic rings. The number of hydrogen-bond acceptors (Lipinski definition) is 2. The van der Waals surface area contributed by atoms with Crippen molar-refractivity contribution < 1.29 is 0 Å². The Labute approximate surface area is 114 Å². The highest BCUT2D eigenvalue weighted by molar-refractivity contribution is 6.33. The van der Waals surface area contributed by atoms with Gasteiger partial charge in [0.2, 0.25) is 0 Å². The van der Waals surface area contributed by atoms with E-state index in [4.69, 9.17) is 18.0 Å². The van der Waals surface area contributed by atoms with Crippen LogP contribution in [0.1, 0.15) is 19.3 Å². The zero-order chi connectivity index (χ0) is 12.8. The third kappa shape index (κ3) is 3.66. The number of hydrogen-bond donors (Lipinski definition) is 1. The monoisotopic (exact) mass is 262 g/mol. The molecule has 1 saturated heterocycles. The summed E-state index contributed by atoms with van der Waals surface area (Å²) in [7, 11) is 0. The van der Waals surface area contributed by atoms with Gasteiger partial charge in [0.1, 0.15) is 0 Å². The Kier molecular flexibility index (Phi) is 4.92. The number of anilines is 1. The minimum Gasteiger partial charge on any atom is -0.381 e. The highest BCUT2D eigenvalue weighted by Gasteiger charge is 2.18. The smallest absolute Gasteiger partial charge is 0.0637 e. The first-order valence-electron chi connectivity index (χ1n) is 6.46. The van der Waals surface area contributed by atoms with Crippen molar-refractivity contribution in [3.05, 3.63) is 29.3 Å². The van der Waals surface area contributed by atoms with Gasteiger partial charge in [-0.2, -0.15) is 0 Å². The van der Waals surface area contributed by atoms with Crippen LogP contribution >= 0.6 is 11.6 Å². The number of piperidine rings is 1. The van der Waals surface area contributed by atoms with Crippen molar-refractivity contribution in [2.45, 2.75) is 25.3 Å². The summed E-state index contributed by atoms with van der Waals surface area (Å²) in [6, 6.07) is 8.44. The Morgan fingerprint density at radius 2 is 2.06 bits per heavy atom. The van der Waals surface area contributed by atoms with Gasteiger partial charge in [-0.05, 0) is 25.0 Å². The minimum atomic E-state index is 0.520. The fourth-order valence-corrected chi connectivity index (χ4v) is 2.51. The zero-order valence-corrected chi connectivity index (χ0v) is 11.3. The van der Waals surface area contributed by atoms with Gasteiger partial charge in [0.25, 0.3) is 0 Å². The standard InChI is InChI=1S/C15H19ClN2/c1-2-3-10-18-11-8-13(9-12-18)17-15-7-5-4-6-14(15)16/h1,4-7,13,17H,3,8-12H2. The molecule has 3 heteroatoms. The molecule has 1 aromatic rings. The molecule has 0 saturated carbocycles. The molecule has 1 fully saturated rings. The van der Waals surface area contributed by atoms with Crippen LogP contribution in [-0.4, -0.2) is 30.6 Å². The van der Waals surface area contributed by atoms with Crippen molar-refractivity contribution in [2.75, 3.05) is 25.0 Å². The van der Waals surface area contributed by atoms with Crippen molar-refractivity contribution >= 4 is 17.3 Å². The number of halogens is 1. The van der Waals surface area contributed by atoms with Crippen LogP contribution in [0.3, 0.4) is 0 Å². The summed E-state index contributed by atoms with van der Waals surface area (Å²) in [6.07, 6.45) is 8.44. The van der Waals surface area contributed by atoms with Crippen LogP contribution in [0.2, 0.25) is 5.02 Å². The first kappa shape index (κ1) is 13.3. The first-order valence-corrected chi connectivity index (χ1v) is 6.84. The number of terminal acetylenes is 1. The van der Waals surface area contributed by atoms with Gasteiger partial charge in [-0.25, -0.2) is 0 Å². The Morgan fingerprint density at radius 3 is 2.72 bits per heavy atom. The molecule has 0 unspecified atom stereocenters. The lowest BCUT2D eigenvalue weighted by atomic mass is 10.0. The molecule has 1 heterocycles. The molecular weight excluding hydrogens is 244 g/mol. The maximum Gasteiger partial charge on any atom is 0.0637 e. The highest BCUT2D eigenvalue weighted by Crippen LogP contribution is 2.23. The predicted molar refractivity (Wildman–Crippen MR) is 78.0 cm³/mol. The Morgan fingerprint density at radius 1 is 1.33 bits per heavy atom. The van der Waals surface area contributed by atoms with Crippen molar-refractivity contribution in [1.29, 1.82) is 0 Å². The maximum absolute atomic E-state index is 6.15. The molecule has 1 N–H and O–H groups in total. The first-order chi connectivity index (χ1) is 8.79. The molecule has 96 valence electrons. The van der Waals surface area contributed by atoms with Crippen LogP contribution < -0.4 is 5.32 Å². The van der Waals surface area contributed by atoms with E-state index in [1.54, 1.807) is 0 Å². The topological polar surface area (TPSA) is 15.3 Å². The van der Waals surface area contributed by atoms with Gasteiger partial charge in [-0.3, -0.25) is 0 Å². The summed E-state index contributed by atoms with van der Waals surface area (Å²) < 4.78 is 0. The lowest BCUT2D eigenvalue weighted by molar-refractivity contribution is 0.224. The van der Waals surface area contributed by atoms with E-state index in [9.17, 15) is 0 Å². The molecule has 0 amide bonds. The second-order valence-corrected chi connectivity index (χ2v) is 5.10. The number of benzene rings is 1. The predicted octanol–water partition coefficient (Wildman–Crippen LogP) is 3.24. The Hall–Kier alpha value is -1.17. The van der Waals surface area contributed by atoms with Crippen LogP contribution in [0.25, 0.3) is 0 Å². The molecule has 0 atom stereocenters. The van der Waals surface area contributed by atoms with Crippen LogP contribution in [0.5, 0.6) is 0 Å². The number of rotatable bonds is 4. The van der Waals surface area contributed by atoms with E-state index in [0.29, 0.717) is 6.04 Å². The summed E-state index contributed by atoms with van der Waals surface area (Å²) >= 11 is 6.15. The quantitative estimate of drug-likeness (QED) is 0.838. The summed E-state index contributed by atoms with van der Waals surface area (Å²) in [4.78, 5) is 2.44. The summed E-state index contributed by atoms with van der Waals surface area (Å²) in [5.74, 6) is 2.70. The van der Waals surface area contributed by atoms with Gasteiger partial charge in [-0.1, -0.05) is 23.7 Å². The van der Waals surface area contributed by atoms with Crippen LogP contribution in [0, 0.1) is 12.3 Å². The van der Waals surface area contributed by atoms with Crippen molar-refractivity contribution in [3.8, 4) is 12.3 Å². The lowest BCUT2D eigenvalue weighted by Crippen LogP contribution is -2.39. The summed E-state index contributed by atoms with van der Waals surface area (Å²) in [5.41, 5.74) is 1.04. The van der Waals surface area contributed by atoms with Gasteiger partial charge in [-0.15, -0.1) is 12.3 Å². The van der Waals surface area contributed by atoms with Crippen LogP contribution in [-0.2, 0) is 0 Å². The average Bonchev–Trinajstić information content (AvgIpc) is 2.41. The molecule has 0 spiro atoms. The molecule has 2 nitrogen and oxygen atoms in total. The summed E-state index contributed by atoms with van der Waals surface area (Å²) in [5, 5.41) is 4.33. The zero-order valence-electron chi connectivity index (χ0n) is 10.5. The molecule has 0 radical (unpaired) electrons. The highest BCUT2D eigenvalue weighted by atomic mass is 35.5. The number of para-hydroxylation sites is 1. The van der Waals surface area contributed by atoms with E-state index in [1.165, 1.54) is 0 Å². The normalized spacial score (nSPS) is 17.3. The van der Waals surface area contributed by atoms with Crippen LogP contribution in [0.15, 0.2) is 24.3 Å². The third-order valence-electron chi connectivity index (χ3n) is 3.39. The molecule has 18 heavy (non-hydrogen) atoms. The fraction of sp³-hybridized carbons (Fsp3) is 0.467. The van der Waals surface area contributed by atoms with E-state index >= 15 is 0 Å². The van der Waals surface area contributed by atoms with E-state index in [2.05, 4.69) is 16.1 Å². The van der Waals surface area contributed by atoms with Crippen molar-refractivity contribution in [1.82, 2.24) is 4.90 Å². The van der Waals surface area contributed by atoms with Gasteiger partial charge >= 0.3 is 0 Å². The van der Waals surface area contributed by atoms with Crippen molar-refractivity contribution in [3.63, 3.8) is 0 Å². The van der Waals surface area contributed by atoms with E-state index in [0.717, 1.165) is 49.6 Å². The number of nitrogens with one attached hydrogen (secondary N) is 1. The average molecular weight is 263 g/mol. The largest absolute Gasteiger partial charge is 0.381 e. The lowest BCUT2D eigenvalue weighted by Gasteiger charge is -2.32. The van der Waals surface area contributed by atoms with Crippen molar-refractivity contribution in [2.24, 2.45) is 0 Å². The Balaban J connectivity index is 1.80. The number of likely N-dealkylation sites (tertiary alicyclic amines) is 1. The van der Waals surface area contributed by atoms with E-state index in [-0.39, 0.29) is 0 Å². The summed E-state index contributed by atoms with van der Waals surface area (Å²) in [6.45, 7) is 3.25. The number of nitrogens with zero attached hydrogens (tertiary/aromatic N) is 1. The molecule has 1 aromatic carbocycles. The van der Waals surface area contributed by atoms with E-state index < -0.39 is 0 Å². The van der Waals surface area contributed by atoms with Gasteiger partial charge in [0.05, 0.1) is 10.7 Å². The van der Waals surface area contributed by atoms with Gasteiger partial charge in [0, 0.05) is 32.1 Å². The SMILES string of the molecule is C#CCCN1CCC(Nc2ccccc2Cl)CC1. The minimum absolute atomic E-state index is 0.520. The second kappa shape index (κ2) is 6.68. The molecule has 0 bridgehead atoms.